The first kappa shape index (κ1) is 10.6. The van der Waals surface area contributed by atoms with Crippen molar-refractivity contribution >= 4 is 5.78 Å². The highest BCUT2D eigenvalue weighted by molar-refractivity contribution is 5.92. The molecular formula is C9H18N3O. The van der Waals surface area contributed by atoms with Crippen LogP contribution in [0.5, 0.6) is 0 Å². The van der Waals surface area contributed by atoms with Crippen LogP contribution in [0.4, 0.5) is 0 Å². The maximum Gasteiger partial charge on any atom is 0.172 e. The SMILES string of the molecule is CNC(C)(C)C(=O)C1CNCC[N]1. The minimum Gasteiger partial charge on any atom is -0.313 e. The van der Waals surface area contributed by atoms with E-state index in [9.17, 15) is 4.79 Å². The lowest BCUT2D eigenvalue weighted by atomic mass is 9.93. The molecule has 1 rings (SSSR count). The van der Waals surface area contributed by atoms with Gasteiger partial charge in [-0.3, -0.25) is 4.79 Å². The third-order valence-electron chi connectivity index (χ3n) is 2.52. The highest BCUT2D eigenvalue weighted by atomic mass is 16.1. The Morgan fingerprint density at radius 1 is 1.62 bits per heavy atom. The zero-order chi connectivity index (χ0) is 9.90. The van der Waals surface area contributed by atoms with Gasteiger partial charge in [-0.2, -0.15) is 0 Å². The predicted molar refractivity (Wildman–Crippen MR) is 51.8 cm³/mol. The van der Waals surface area contributed by atoms with Gasteiger partial charge in [0.2, 0.25) is 0 Å². The van der Waals surface area contributed by atoms with Crippen LogP contribution in [0.3, 0.4) is 0 Å². The Morgan fingerprint density at radius 3 is 2.77 bits per heavy atom. The Bertz CT molecular complexity index is 185. The Balaban J connectivity index is 2.55. The fourth-order valence-corrected chi connectivity index (χ4v) is 1.32. The molecule has 4 nitrogen and oxygen atoms in total. The lowest BCUT2D eigenvalue weighted by Crippen LogP contribution is -2.57. The number of carbonyl (C=O) groups is 1. The van der Waals surface area contributed by atoms with Crippen LogP contribution in [0.15, 0.2) is 0 Å². The quantitative estimate of drug-likeness (QED) is 0.599. The normalized spacial score (nSPS) is 24.4. The second-order valence-corrected chi connectivity index (χ2v) is 3.87. The molecule has 1 radical (unpaired) electrons. The molecule has 0 aromatic rings. The van der Waals surface area contributed by atoms with Crippen LogP contribution in [0.25, 0.3) is 0 Å². The number of nitrogens with zero attached hydrogens (tertiary/aromatic N) is 1. The van der Waals surface area contributed by atoms with Crippen molar-refractivity contribution in [3.63, 3.8) is 0 Å². The summed E-state index contributed by atoms with van der Waals surface area (Å²) < 4.78 is 0. The number of likely N-dealkylation sites (N-methyl/N-ethyl adjacent to an activating group) is 1. The van der Waals surface area contributed by atoms with E-state index in [0.29, 0.717) is 6.54 Å². The van der Waals surface area contributed by atoms with Gasteiger partial charge in [0.15, 0.2) is 5.78 Å². The largest absolute Gasteiger partial charge is 0.313 e. The minimum atomic E-state index is -0.465. The Morgan fingerprint density at radius 2 is 2.31 bits per heavy atom. The van der Waals surface area contributed by atoms with Crippen molar-refractivity contribution in [1.82, 2.24) is 16.0 Å². The second kappa shape index (κ2) is 4.17. The van der Waals surface area contributed by atoms with E-state index >= 15 is 0 Å². The number of piperazine rings is 1. The van der Waals surface area contributed by atoms with Crippen molar-refractivity contribution in [3.05, 3.63) is 0 Å². The summed E-state index contributed by atoms with van der Waals surface area (Å²) in [6.45, 7) is 6.10. The molecule has 13 heavy (non-hydrogen) atoms. The third kappa shape index (κ3) is 2.49. The van der Waals surface area contributed by atoms with Gasteiger partial charge in [-0.1, -0.05) is 0 Å². The predicted octanol–water partition coefficient (Wildman–Crippen LogP) is -0.870. The zero-order valence-corrected chi connectivity index (χ0v) is 8.55. The Kier molecular flexibility index (Phi) is 3.41. The summed E-state index contributed by atoms with van der Waals surface area (Å²) in [6.07, 6.45) is 0. The monoisotopic (exact) mass is 184 g/mol. The van der Waals surface area contributed by atoms with E-state index in [-0.39, 0.29) is 11.8 Å². The molecule has 2 N–H and O–H groups in total. The number of ketones is 1. The molecule has 1 heterocycles. The fourth-order valence-electron chi connectivity index (χ4n) is 1.32. The van der Waals surface area contributed by atoms with Crippen molar-refractivity contribution in [3.8, 4) is 0 Å². The van der Waals surface area contributed by atoms with E-state index in [1.165, 1.54) is 0 Å². The molecule has 0 aromatic heterocycles. The van der Waals surface area contributed by atoms with Crippen LogP contribution in [0.2, 0.25) is 0 Å². The van der Waals surface area contributed by atoms with E-state index in [2.05, 4.69) is 16.0 Å². The first-order valence-corrected chi connectivity index (χ1v) is 4.68. The number of rotatable bonds is 3. The van der Waals surface area contributed by atoms with Crippen LogP contribution >= 0.6 is 0 Å². The summed E-state index contributed by atoms with van der Waals surface area (Å²) in [6, 6.07) is -0.170. The van der Waals surface area contributed by atoms with Crippen molar-refractivity contribution in [1.29, 1.82) is 0 Å². The number of hydrogen-bond acceptors (Lipinski definition) is 3. The smallest absolute Gasteiger partial charge is 0.172 e. The zero-order valence-electron chi connectivity index (χ0n) is 8.55. The Labute approximate surface area is 79.5 Å². The molecule has 1 atom stereocenters. The molecule has 0 aromatic carbocycles. The van der Waals surface area contributed by atoms with Gasteiger partial charge in [-0.05, 0) is 20.9 Å². The highest BCUT2D eigenvalue weighted by Gasteiger charge is 2.33. The summed E-state index contributed by atoms with van der Waals surface area (Å²) in [4.78, 5) is 11.9. The molecule has 0 aliphatic carbocycles. The lowest BCUT2D eigenvalue weighted by molar-refractivity contribution is -0.126. The average Bonchev–Trinajstić information content (AvgIpc) is 2.18. The van der Waals surface area contributed by atoms with Crippen molar-refractivity contribution in [2.75, 3.05) is 26.7 Å². The topological polar surface area (TPSA) is 55.2 Å². The standard InChI is InChI=1S/C9H18N3O/c1-9(2,10-3)8(13)7-6-11-4-5-12-7/h7,10-11H,4-6H2,1-3H3. The summed E-state index contributed by atoms with van der Waals surface area (Å²) in [7, 11) is 1.80. The van der Waals surface area contributed by atoms with Gasteiger partial charge in [0, 0.05) is 19.6 Å². The molecule has 1 aliphatic rings. The van der Waals surface area contributed by atoms with Crippen molar-refractivity contribution in [2.24, 2.45) is 0 Å². The van der Waals surface area contributed by atoms with Crippen LogP contribution < -0.4 is 16.0 Å². The molecule has 1 fully saturated rings. The number of carbonyl (C=O) groups excluding carboxylic acids is 1. The summed E-state index contributed by atoms with van der Waals surface area (Å²) >= 11 is 0. The molecule has 1 saturated heterocycles. The van der Waals surface area contributed by atoms with Gasteiger partial charge in [-0.25, -0.2) is 5.32 Å². The molecule has 1 aliphatic heterocycles. The van der Waals surface area contributed by atoms with Crippen LogP contribution in [0.1, 0.15) is 13.8 Å². The van der Waals surface area contributed by atoms with Gasteiger partial charge in [-0.15, -0.1) is 0 Å². The summed E-state index contributed by atoms with van der Waals surface area (Å²) in [5.74, 6) is 0.169. The average molecular weight is 184 g/mol. The van der Waals surface area contributed by atoms with Crippen LogP contribution in [0, 0.1) is 0 Å². The van der Waals surface area contributed by atoms with Crippen molar-refractivity contribution in [2.45, 2.75) is 25.4 Å². The van der Waals surface area contributed by atoms with E-state index in [1.54, 1.807) is 7.05 Å². The first-order chi connectivity index (χ1) is 6.08. The molecule has 4 heteroatoms. The molecule has 1 unspecified atom stereocenters. The van der Waals surface area contributed by atoms with Gasteiger partial charge in [0.25, 0.3) is 0 Å². The third-order valence-corrected chi connectivity index (χ3v) is 2.52. The van der Waals surface area contributed by atoms with Gasteiger partial charge in [0.1, 0.15) is 0 Å². The summed E-state index contributed by atoms with van der Waals surface area (Å²) in [5.41, 5.74) is -0.465. The van der Waals surface area contributed by atoms with Gasteiger partial charge in [0.05, 0.1) is 11.6 Å². The number of nitrogens with one attached hydrogen (secondary N) is 2. The fraction of sp³-hybridized carbons (Fsp3) is 0.889. The lowest BCUT2D eigenvalue weighted by Gasteiger charge is -2.30. The molecule has 0 spiro atoms. The Hall–Kier alpha value is -0.450. The highest BCUT2D eigenvalue weighted by Crippen LogP contribution is 2.07. The molecular weight excluding hydrogens is 166 g/mol. The molecule has 0 saturated carbocycles. The summed E-state index contributed by atoms with van der Waals surface area (Å²) in [5, 5.41) is 10.5. The maximum absolute atomic E-state index is 11.9. The molecule has 0 amide bonds. The second-order valence-electron chi connectivity index (χ2n) is 3.87. The van der Waals surface area contributed by atoms with E-state index in [4.69, 9.17) is 0 Å². The first-order valence-electron chi connectivity index (χ1n) is 4.68. The number of hydrogen-bond donors (Lipinski definition) is 2. The van der Waals surface area contributed by atoms with E-state index in [0.717, 1.165) is 13.1 Å². The number of Topliss-reactive ketones (excluding diaryl/α,β-unsaturated/α-hetero) is 1. The van der Waals surface area contributed by atoms with E-state index in [1.807, 2.05) is 13.8 Å². The van der Waals surface area contributed by atoms with Crippen LogP contribution in [-0.2, 0) is 4.79 Å². The van der Waals surface area contributed by atoms with E-state index < -0.39 is 5.54 Å². The van der Waals surface area contributed by atoms with Gasteiger partial charge < -0.3 is 10.6 Å². The minimum absolute atomic E-state index is 0.169. The maximum atomic E-state index is 11.9. The molecule has 75 valence electrons. The van der Waals surface area contributed by atoms with Crippen molar-refractivity contribution < 1.29 is 4.79 Å². The van der Waals surface area contributed by atoms with Gasteiger partial charge >= 0.3 is 0 Å². The molecule has 0 bridgehead atoms. The van der Waals surface area contributed by atoms with Crippen LogP contribution in [-0.4, -0.2) is 44.0 Å².